The standard InChI is InChI=1S/C14H20N2O4S/c1-10(2)12-8-11(14(17)18)9-13(15-12)16-4-3-6-21(19,20)7-5-16/h8-10H,3-7H2,1-2H3,(H,17,18). The molecule has 1 fully saturated rings. The van der Waals surface area contributed by atoms with E-state index in [1.54, 1.807) is 6.07 Å². The highest BCUT2D eigenvalue weighted by atomic mass is 32.2. The first-order valence-electron chi connectivity index (χ1n) is 6.99. The van der Waals surface area contributed by atoms with Crippen LogP contribution in [0.5, 0.6) is 0 Å². The molecule has 1 aliphatic heterocycles. The zero-order chi connectivity index (χ0) is 15.6. The molecular formula is C14H20N2O4S. The van der Waals surface area contributed by atoms with E-state index in [-0.39, 0.29) is 23.0 Å². The summed E-state index contributed by atoms with van der Waals surface area (Å²) in [5, 5.41) is 9.21. The van der Waals surface area contributed by atoms with E-state index in [1.807, 2.05) is 18.7 Å². The third kappa shape index (κ3) is 3.93. The van der Waals surface area contributed by atoms with Crippen molar-refractivity contribution in [1.82, 2.24) is 4.98 Å². The van der Waals surface area contributed by atoms with Crippen LogP contribution in [0, 0.1) is 0 Å². The molecule has 1 aromatic heterocycles. The van der Waals surface area contributed by atoms with Gasteiger partial charge in [-0.15, -0.1) is 0 Å². The third-order valence-electron chi connectivity index (χ3n) is 3.55. The summed E-state index contributed by atoms with van der Waals surface area (Å²) >= 11 is 0. The lowest BCUT2D eigenvalue weighted by Gasteiger charge is -2.22. The summed E-state index contributed by atoms with van der Waals surface area (Å²) in [6, 6.07) is 3.09. The van der Waals surface area contributed by atoms with Gasteiger partial charge in [0.05, 0.1) is 17.1 Å². The van der Waals surface area contributed by atoms with Gasteiger partial charge in [0.25, 0.3) is 0 Å². The maximum atomic E-state index is 11.7. The quantitative estimate of drug-likeness (QED) is 0.910. The lowest BCUT2D eigenvalue weighted by atomic mass is 10.1. The summed E-state index contributed by atoms with van der Waals surface area (Å²) < 4.78 is 23.3. The number of anilines is 1. The summed E-state index contributed by atoms with van der Waals surface area (Å²) in [5.41, 5.74) is 0.896. The minimum Gasteiger partial charge on any atom is -0.478 e. The van der Waals surface area contributed by atoms with Crippen LogP contribution in [0.4, 0.5) is 5.82 Å². The second-order valence-electron chi connectivity index (χ2n) is 5.59. The Morgan fingerprint density at radius 1 is 1.29 bits per heavy atom. The number of aromatic nitrogens is 1. The fraction of sp³-hybridized carbons (Fsp3) is 0.571. The van der Waals surface area contributed by atoms with E-state index in [0.717, 1.165) is 0 Å². The number of carboxylic acid groups (broad SMARTS) is 1. The average molecular weight is 312 g/mol. The monoisotopic (exact) mass is 312 g/mol. The summed E-state index contributed by atoms with van der Waals surface area (Å²) in [4.78, 5) is 17.6. The lowest BCUT2D eigenvalue weighted by molar-refractivity contribution is 0.0696. The average Bonchev–Trinajstić information content (AvgIpc) is 2.59. The van der Waals surface area contributed by atoms with Crippen molar-refractivity contribution in [2.75, 3.05) is 29.5 Å². The van der Waals surface area contributed by atoms with E-state index < -0.39 is 15.8 Å². The number of nitrogens with zero attached hydrogens (tertiary/aromatic N) is 2. The lowest BCUT2D eigenvalue weighted by Crippen LogP contribution is -2.28. The van der Waals surface area contributed by atoms with Gasteiger partial charge in [0.1, 0.15) is 5.82 Å². The first-order valence-corrected chi connectivity index (χ1v) is 8.81. The maximum absolute atomic E-state index is 11.7. The molecule has 0 saturated carbocycles. The van der Waals surface area contributed by atoms with E-state index in [4.69, 9.17) is 0 Å². The Kier molecular flexibility index (Phi) is 4.51. The predicted octanol–water partition coefficient (Wildman–Crippen LogP) is 1.53. The van der Waals surface area contributed by atoms with Crippen molar-refractivity contribution < 1.29 is 18.3 Å². The maximum Gasteiger partial charge on any atom is 0.335 e. The molecule has 0 spiro atoms. The smallest absolute Gasteiger partial charge is 0.335 e. The Hall–Kier alpha value is -1.63. The summed E-state index contributed by atoms with van der Waals surface area (Å²) in [6.45, 7) is 4.83. The number of hydrogen-bond acceptors (Lipinski definition) is 5. The molecule has 0 amide bonds. The second-order valence-corrected chi connectivity index (χ2v) is 7.89. The number of hydrogen-bond donors (Lipinski definition) is 1. The van der Waals surface area contributed by atoms with Gasteiger partial charge in [-0.3, -0.25) is 0 Å². The number of carboxylic acids is 1. The van der Waals surface area contributed by atoms with Crippen LogP contribution in [0.3, 0.4) is 0 Å². The molecule has 2 heterocycles. The van der Waals surface area contributed by atoms with E-state index in [2.05, 4.69) is 4.98 Å². The van der Waals surface area contributed by atoms with Gasteiger partial charge in [-0.2, -0.15) is 0 Å². The number of rotatable bonds is 3. The largest absolute Gasteiger partial charge is 0.478 e. The molecule has 2 rings (SSSR count). The fourth-order valence-corrected chi connectivity index (χ4v) is 3.56. The van der Waals surface area contributed by atoms with Gasteiger partial charge in [0.2, 0.25) is 0 Å². The molecule has 116 valence electrons. The zero-order valence-corrected chi connectivity index (χ0v) is 13.1. The van der Waals surface area contributed by atoms with Crippen molar-refractivity contribution in [2.24, 2.45) is 0 Å². The summed E-state index contributed by atoms with van der Waals surface area (Å²) in [6.07, 6.45) is 0.540. The van der Waals surface area contributed by atoms with Gasteiger partial charge in [0, 0.05) is 18.8 Å². The molecule has 1 aliphatic rings. The number of sulfone groups is 1. The molecule has 6 nitrogen and oxygen atoms in total. The van der Waals surface area contributed by atoms with Gasteiger partial charge in [-0.05, 0) is 24.5 Å². The molecule has 21 heavy (non-hydrogen) atoms. The molecule has 0 bridgehead atoms. The van der Waals surface area contributed by atoms with Gasteiger partial charge < -0.3 is 10.0 Å². The molecule has 1 aromatic rings. The molecule has 1 saturated heterocycles. The van der Waals surface area contributed by atoms with Gasteiger partial charge in [0.15, 0.2) is 9.84 Å². The topological polar surface area (TPSA) is 87.6 Å². The zero-order valence-electron chi connectivity index (χ0n) is 12.2. The van der Waals surface area contributed by atoms with Gasteiger partial charge in [-0.1, -0.05) is 13.8 Å². The van der Waals surface area contributed by atoms with Crippen LogP contribution in [0.25, 0.3) is 0 Å². The van der Waals surface area contributed by atoms with Crippen LogP contribution in [0.2, 0.25) is 0 Å². The van der Waals surface area contributed by atoms with E-state index in [1.165, 1.54) is 6.07 Å². The van der Waals surface area contributed by atoms with Crippen LogP contribution in [0.15, 0.2) is 12.1 Å². The molecular weight excluding hydrogens is 292 g/mol. The highest BCUT2D eigenvalue weighted by Gasteiger charge is 2.21. The van der Waals surface area contributed by atoms with Crippen molar-refractivity contribution in [2.45, 2.75) is 26.2 Å². The molecule has 1 N–H and O–H groups in total. The predicted molar refractivity (Wildman–Crippen MR) is 80.8 cm³/mol. The number of pyridine rings is 1. The number of carbonyl (C=O) groups is 1. The van der Waals surface area contributed by atoms with Gasteiger partial charge in [-0.25, -0.2) is 18.2 Å². The van der Waals surface area contributed by atoms with E-state index in [9.17, 15) is 18.3 Å². The Balaban J connectivity index is 2.36. The second kappa shape index (κ2) is 6.01. The minimum atomic E-state index is -3.00. The molecule has 0 atom stereocenters. The molecule has 0 aromatic carbocycles. The van der Waals surface area contributed by atoms with Crippen LogP contribution < -0.4 is 4.90 Å². The van der Waals surface area contributed by atoms with Crippen molar-refractivity contribution >= 4 is 21.6 Å². The van der Waals surface area contributed by atoms with E-state index >= 15 is 0 Å². The highest BCUT2D eigenvalue weighted by molar-refractivity contribution is 7.91. The minimum absolute atomic E-state index is 0.0863. The van der Waals surface area contributed by atoms with Crippen molar-refractivity contribution in [1.29, 1.82) is 0 Å². The Bertz CT molecular complexity index is 640. The van der Waals surface area contributed by atoms with E-state index in [0.29, 0.717) is 31.0 Å². The van der Waals surface area contributed by atoms with Crippen LogP contribution in [-0.2, 0) is 9.84 Å². The first-order chi connectivity index (χ1) is 9.78. The summed E-state index contributed by atoms with van der Waals surface area (Å²) in [7, 11) is -3.00. The molecule has 0 aliphatic carbocycles. The van der Waals surface area contributed by atoms with Gasteiger partial charge >= 0.3 is 5.97 Å². The number of aromatic carboxylic acids is 1. The Labute approximate surface area is 124 Å². The molecule has 0 radical (unpaired) electrons. The van der Waals surface area contributed by atoms with Crippen molar-refractivity contribution in [3.8, 4) is 0 Å². The first kappa shape index (κ1) is 15.8. The van der Waals surface area contributed by atoms with Crippen LogP contribution >= 0.6 is 0 Å². The summed E-state index contributed by atoms with van der Waals surface area (Å²) in [5.74, 6) is -0.0697. The van der Waals surface area contributed by atoms with Crippen molar-refractivity contribution in [3.05, 3.63) is 23.4 Å². The fourth-order valence-electron chi connectivity index (χ4n) is 2.29. The third-order valence-corrected chi connectivity index (χ3v) is 5.26. The van der Waals surface area contributed by atoms with Crippen molar-refractivity contribution in [3.63, 3.8) is 0 Å². The molecule has 0 unspecified atom stereocenters. The van der Waals surface area contributed by atoms with Crippen LogP contribution in [-0.4, -0.2) is 49.1 Å². The Morgan fingerprint density at radius 2 is 2.00 bits per heavy atom. The normalized spacial score (nSPS) is 18.5. The molecule has 7 heteroatoms. The highest BCUT2D eigenvalue weighted by Crippen LogP contribution is 2.22. The SMILES string of the molecule is CC(C)c1cc(C(=O)O)cc(N2CCCS(=O)(=O)CC2)n1. The van der Waals surface area contributed by atoms with Crippen LogP contribution in [0.1, 0.15) is 42.2 Å². The Morgan fingerprint density at radius 3 is 2.62 bits per heavy atom.